The van der Waals surface area contributed by atoms with Gasteiger partial charge in [0.25, 0.3) is 0 Å². The van der Waals surface area contributed by atoms with Crippen LogP contribution in [0.3, 0.4) is 0 Å². The SMILES string of the molecule is CC(C)CCCCCCCCCCCCCCC(=O)CC(O)C(=O)CC(O)C(=O)O. The number of aliphatic carboxylic acids is 1. The fraction of sp³-hybridized carbons (Fsp3) is 0.875. The normalized spacial score (nSPS) is 13.4. The van der Waals surface area contributed by atoms with Crippen molar-refractivity contribution in [3.05, 3.63) is 0 Å². The summed E-state index contributed by atoms with van der Waals surface area (Å²) in [7, 11) is 0. The van der Waals surface area contributed by atoms with E-state index in [0.717, 1.165) is 25.2 Å². The van der Waals surface area contributed by atoms with Crippen molar-refractivity contribution in [3.63, 3.8) is 0 Å². The smallest absolute Gasteiger partial charge is 0.332 e. The summed E-state index contributed by atoms with van der Waals surface area (Å²) >= 11 is 0. The zero-order chi connectivity index (χ0) is 22.8. The Morgan fingerprint density at radius 2 is 1.07 bits per heavy atom. The van der Waals surface area contributed by atoms with Crippen LogP contribution in [0.25, 0.3) is 0 Å². The van der Waals surface area contributed by atoms with Crippen molar-refractivity contribution in [2.24, 2.45) is 5.92 Å². The third-order valence-corrected chi connectivity index (χ3v) is 5.46. The van der Waals surface area contributed by atoms with Crippen LogP contribution in [-0.4, -0.2) is 45.1 Å². The molecule has 30 heavy (non-hydrogen) atoms. The number of carboxylic acid groups (broad SMARTS) is 1. The third-order valence-electron chi connectivity index (χ3n) is 5.46. The minimum atomic E-state index is -1.84. The van der Waals surface area contributed by atoms with Gasteiger partial charge in [0.15, 0.2) is 11.9 Å². The van der Waals surface area contributed by atoms with Gasteiger partial charge in [-0.05, 0) is 12.3 Å². The number of ketones is 2. The van der Waals surface area contributed by atoms with Gasteiger partial charge in [0.1, 0.15) is 11.9 Å². The zero-order valence-electron chi connectivity index (χ0n) is 19.1. The molecule has 0 aliphatic heterocycles. The predicted molar refractivity (Wildman–Crippen MR) is 118 cm³/mol. The summed E-state index contributed by atoms with van der Waals surface area (Å²) in [6.07, 6.45) is 11.9. The Morgan fingerprint density at radius 1 is 0.633 bits per heavy atom. The van der Waals surface area contributed by atoms with Gasteiger partial charge in [-0.25, -0.2) is 4.79 Å². The van der Waals surface area contributed by atoms with Crippen LogP contribution in [0.4, 0.5) is 0 Å². The summed E-state index contributed by atoms with van der Waals surface area (Å²) in [6.45, 7) is 4.56. The Kier molecular flexibility index (Phi) is 17.7. The maximum Gasteiger partial charge on any atom is 0.332 e. The minimum Gasteiger partial charge on any atom is -0.479 e. The molecule has 0 rings (SSSR count). The molecule has 176 valence electrons. The molecular weight excluding hydrogens is 384 g/mol. The molecule has 0 saturated heterocycles. The number of hydrogen-bond donors (Lipinski definition) is 3. The molecule has 2 atom stereocenters. The molecule has 3 N–H and O–H groups in total. The number of carboxylic acids is 1. The standard InChI is InChI=1S/C24H44O6/c1-19(2)15-13-11-9-7-5-3-4-6-8-10-12-14-16-20(25)17-21(26)22(27)18-23(28)24(29)30/h19,21,23,26,28H,3-18H2,1-2H3,(H,29,30). The number of aliphatic hydroxyl groups excluding tert-OH is 2. The molecule has 0 radical (unpaired) electrons. The van der Waals surface area contributed by atoms with Crippen LogP contribution < -0.4 is 0 Å². The van der Waals surface area contributed by atoms with E-state index >= 15 is 0 Å². The Hall–Kier alpha value is -1.27. The van der Waals surface area contributed by atoms with Gasteiger partial charge in [0.05, 0.1) is 0 Å². The molecule has 0 saturated carbocycles. The van der Waals surface area contributed by atoms with E-state index in [4.69, 9.17) is 10.2 Å². The predicted octanol–water partition coefficient (Wildman–Crippen LogP) is 4.83. The average Bonchev–Trinajstić information content (AvgIpc) is 2.67. The van der Waals surface area contributed by atoms with Crippen LogP contribution in [0.2, 0.25) is 0 Å². The van der Waals surface area contributed by atoms with Crippen molar-refractivity contribution in [1.82, 2.24) is 0 Å². The summed E-state index contributed by atoms with van der Waals surface area (Å²) < 4.78 is 0. The first-order valence-corrected chi connectivity index (χ1v) is 11.9. The molecule has 0 bridgehead atoms. The Labute approximate surface area is 182 Å². The first kappa shape index (κ1) is 28.7. The van der Waals surface area contributed by atoms with Crippen molar-refractivity contribution in [2.75, 3.05) is 0 Å². The van der Waals surface area contributed by atoms with Gasteiger partial charge in [-0.3, -0.25) is 9.59 Å². The van der Waals surface area contributed by atoms with Crippen molar-refractivity contribution in [3.8, 4) is 0 Å². The molecule has 0 aromatic rings. The molecule has 0 amide bonds. The van der Waals surface area contributed by atoms with Gasteiger partial charge in [0.2, 0.25) is 0 Å². The largest absolute Gasteiger partial charge is 0.479 e. The molecule has 0 aliphatic rings. The molecule has 0 heterocycles. The highest BCUT2D eigenvalue weighted by molar-refractivity contribution is 5.91. The molecule has 2 unspecified atom stereocenters. The molecule has 6 heteroatoms. The number of rotatable bonds is 21. The highest BCUT2D eigenvalue weighted by Gasteiger charge is 2.24. The van der Waals surface area contributed by atoms with Gasteiger partial charge in [-0.15, -0.1) is 0 Å². The summed E-state index contributed by atoms with van der Waals surface area (Å²) in [5, 5.41) is 27.3. The van der Waals surface area contributed by atoms with Crippen molar-refractivity contribution >= 4 is 17.5 Å². The number of unbranched alkanes of at least 4 members (excludes halogenated alkanes) is 11. The van der Waals surface area contributed by atoms with Crippen LogP contribution in [0, 0.1) is 5.92 Å². The Bertz CT molecular complexity index is 474. The van der Waals surface area contributed by atoms with Gasteiger partial charge in [-0.2, -0.15) is 0 Å². The lowest BCUT2D eigenvalue weighted by atomic mass is 10.00. The second-order valence-electron chi connectivity index (χ2n) is 8.96. The van der Waals surface area contributed by atoms with Gasteiger partial charge in [-0.1, -0.05) is 90.9 Å². The van der Waals surface area contributed by atoms with E-state index < -0.39 is 30.4 Å². The van der Waals surface area contributed by atoms with Gasteiger partial charge < -0.3 is 15.3 Å². The van der Waals surface area contributed by atoms with E-state index in [1.807, 2.05) is 0 Å². The molecular formula is C24H44O6. The van der Waals surface area contributed by atoms with Crippen molar-refractivity contribution in [2.45, 2.75) is 129 Å². The van der Waals surface area contributed by atoms with Crippen LogP contribution in [0.5, 0.6) is 0 Å². The Morgan fingerprint density at radius 3 is 1.50 bits per heavy atom. The number of aliphatic hydroxyl groups is 2. The molecule has 0 fully saturated rings. The minimum absolute atomic E-state index is 0.200. The molecule has 0 spiro atoms. The van der Waals surface area contributed by atoms with E-state index in [9.17, 15) is 19.5 Å². The summed E-state index contributed by atoms with van der Waals surface area (Å²) in [4.78, 5) is 33.9. The Balaban J connectivity index is 3.48. The lowest BCUT2D eigenvalue weighted by molar-refractivity contribution is -0.150. The van der Waals surface area contributed by atoms with Crippen LogP contribution in [0.1, 0.15) is 117 Å². The number of carbonyl (C=O) groups is 3. The maximum atomic E-state index is 11.8. The summed E-state index contributed by atoms with van der Waals surface area (Å²) in [5.74, 6) is -1.70. The topological polar surface area (TPSA) is 112 Å². The van der Waals surface area contributed by atoms with Crippen molar-refractivity contribution < 1.29 is 29.7 Å². The lowest BCUT2D eigenvalue weighted by Crippen LogP contribution is -2.30. The fourth-order valence-electron chi connectivity index (χ4n) is 3.49. The second kappa shape index (κ2) is 18.5. The second-order valence-corrected chi connectivity index (χ2v) is 8.96. The van der Waals surface area contributed by atoms with E-state index in [1.54, 1.807) is 0 Å². The molecule has 0 aromatic carbocycles. The third kappa shape index (κ3) is 17.6. The summed E-state index contributed by atoms with van der Waals surface area (Å²) in [6, 6.07) is 0. The zero-order valence-corrected chi connectivity index (χ0v) is 19.1. The molecule has 0 aromatic heterocycles. The molecule has 0 aliphatic carbocycles. The number of carbonyl (C=O) groups excluding carboxylic acids is 2. The van der Waals surface area contributed by atoms with E-state index in [0.29, 0.717) is 6.42 Å². The van der Waals surface area contributed by atoms with Crippen LogP contribution in [0.15, 0.2) is 0 Å². The van der Waals surface area contributed by atoms with Gasteiger partial charge >= 0.3 is 5.97 Å². The van der Waals surface area contributed by atoms with E-state index in [2.05, 4.69) is 13.8 Å². The molecule has 6 nitrogen and oxygen atoms in total. The lowest BCUT2D eigenvalue weighted by Gasteiger charge is -2.10. The van der Waals surface area contributed by atoms with E-state index in [1.165, 1.54) is 64.2 Å². The first-order chi connectivity index (χ1) is 14.2. The quantitative estimate of drug-likeness (QED) is 0.226. The summed E-state index contributed by atoms with van der Waals surface area (Å²) in [5.41, 5.74) is 0. The number of hydrogen-bond acceptors (Lipinski definition) is 5. The maximum absolute atomic E-state index is 11.8. The highest BCUT2D eigenvalue weighted by Crippen LogP contribution is 2.15. The average molecular weight is 429 g/mol. The van der Waals surface area contributed by atoms with Crippen molar-refractivity contribution in [1.29, 1.82) is 0 Å². The highest BCUT2D eigenvalue weighted by atomic mass is 16.4. The first-order valence-electron chi connectivity index (χ1n) is 11.9. The van der Waals surface area contributed by atoms with Crippen LogP contribution >= 0.6 is 0 Å². The van der Waals surface area contributed by atoms with Crippen LogP contribution in [-0.2, 0) is 14.4 Å². The monoisotopic (exact) mass is 428 g/mol. The fourth-order valence-corrected chi connectivity index (χ4v) is 3.49. The van der Waals surface area contributed by atoms with Gasteiger partial charge in [0, 0.05) is 19.3 Å². The number of Topliss-reactive ketones (excluding diaryl/α,β-unsaturated/α-hetero) is 2. The van der Waals surface area contributed by atoms with E-state index in [-0.39, 0.29) is 12.2 Å².